The van der Waals surface area contributed by atoms with Crippen LogP contribution in [0.15, 0.2) is 12.2 Å². The summed E-state index contributed by atoms with van der Waals surface area (Å²) in [5.74, 6) is -1.19. The molecule has 0 aliphatic rings. The first-order chi connectivity index (χ1) is 8.70. The van der Waals surface area contributed by atoms with Crippen LogP contribution >= 0.6 is 0 Å². The van der Waals surface area contributed by atoms with Crippen LogP contribution in [-0.4, -0.2) is 50.1 Å². The van der Waals surface area contributed by atoms with E-state index in [4.69, 9.17) is 19.3 Å². The number of unbranched alkanes of at least 4 members (excludes halogenated alkanes) is 1. The van der Waals surface area contributed by atoms with Crippen LogP contribution < -0.4 is 0 Å². The second kappa shape index (κ2) is 12.1. The Bertz CT molecular complexity index is 261. The van der Waals surface area contributed by atoms with Crippen LogP contribution in [0.1, 0.15) is 19.8 Å². The molecule has 0 aliphatic carbocycles. The smallest absolute Gasteiger partial charge is 0.331 e. The maximum absolute atomic E-state index is 11.1. The molecule has 0 bridgehead atoms. The molecule has 0 unspecified atom stereocenters. The monoisotopic (exact) mass is 260 g/mol. The van der Waals surface area contributed by atoms with Gasteiger partial charge in [-0.05, 0) is 6.42 Å². The van der Waals surface area contributed by atoms with Crippen molar-refractivity contribution in [3.05, 3.63) is 12.2 Å². The molecule has 1 N–H and O–H groups in total. The van der Waals surface area contributed by atoms with Crippen LogP contribution in [0.25, 0.3) is 0 Å². The van der Waals surface area contributed by atoms with E-state index < -0.39 is 11.9 Å². The van der Waals surface area contributed by atoms with Crippen molar-refractivity contribution in [1.82, 2.24) is 0 Å². The van der Waals surface area contributed by atoms with Crippen LogP contribution in [0.2, 0.25) is 0 Å². The minimum atomic E-state index is -0.630. The highest BCUT2D eigenvalue weighted by Gasteiger charge is 2.00. The fraction of sp³-hybridized carbons (Fsp3) is 0.667. The molecule has 0 fully saturated rings. The van der Waals surface area contributed by atoms with E-state index in [9.17, 15) is 9.59 Å². The SMILES string of the molecule is CCCCOC(=O)/C=C\C(=O)OCCOCCO. The van der Waals surface area contributed by atoms with Crippen LogP contribution in [0.4, 0.5) is 0 Å². The van der Waals surface area contributed by atoms with Gasteiger partial charge in [0.25, 0.3) is 0 Å². The lowest BCUT2D eigenvalue weighted by molar-refractivity contribution is -0.141. The van der Waals surface area contributed by atoms with E-state index in [-0.39, 0.29) is 26.4 Å². The lowest BCUT2D eigenvalue weighted by Crippen LogP contribution is -2.11. The van der Waals surface area contributed by atoms with Crippen molar-refractivity contribution in [2.75, 3.05) is 33.0 Å². The van der Waals surface area contributed by atoms with Crippen molar-refractivity contribution >= 4 is 11.9 Å². The Morgan fingerprint density at radius 3 is 2.17 bits per heavy atom. The molecule has 0 spiro atoms. The Kier molecular flexibility index (Phi) is 11.1. The van der Waals surface area contributed by atoms with Gasteiger partial charge in [-0.3, -0.25) is 0 Å². The molecule has 104 valence electrons. The average molecular weight is 260 g/mol. The molecule has 0 aliphatic heterocycles. The quantitative estimate of drug-likeness (QED) is 0.348. The van der Waals surface area contributed by atoms with E-state index in [0.29, 0.717) is 6.61 Å². The van der Waals surface area contributed by atoms with Crippen LogP contribution in [-0.2, 0) is 23.8 Å². The van der Waals surface area contributed by atoms with Crippen LogP contribution in [0, 0.1) is 0 Å². The largest absolute Gasteiger partial charge is 0.463 e. The van der Waals surface area contributed by atoms with Gasteiger partial charge in [0.2, 0.25) is 0 Å². The first kappa shape index (κ1) is 16.6. The minimum Gasteiger partial charge on any atom is -0.463 e. The zero-order chi connectivity index (χ0) is 13.6. The molecule has 6 heteroatoms. The number of carbonyl (C=O) groups is 2. The lowest BCUT2D eigenvalue weighted by atomic mass is 10.4. The molecule has 0 saturated carbocycles. The summed E-state index contributed by atoms with van der Waals surface area (Å²) in [4.78, 5) is 22.2. The minimum absolute atomic E-state index is 0.0720. The van der Waals surface area contributed by atoms with Gasteiger partial charge in [0.05, 0.1) is 26.4 Å². The van der Waals surface area contributed by atoms with Crippen molar-refractivity contribution < 1.29 is 28.9 Å². The predicted molar refractivity (Wildman–Crippen MR) is 63.9 cm³/mol. The number of ether oxygens (including phenoxy) is 3. The molecular weight excluding hydrogens is 240 g/mol. The highest BCUT2D eigenvalue weighted by atomic mass is 16.6. The van der Waals surface area contributed by atoms with Gasteiger partial charge < -0.3 is 19.3 Å². The number of hydrogen-bond donors (Lipinski definition) is 1. The molecule has 0 rings (SSSR count). The standard InChI is InChI=1S/C12H20O6/c1-2-3-7-17-11(14)4-5-12(15)18-10-9-16-8-6-13/h4-5,13H,2-3,6-10H2,1H3/b5-4-. The van der Waals surface area contributed by atoms with E-state index in [2.05, 4.69) is 0 Å². The van der Waals surface area contributed by atoms with Gasteiger partial charge in [0, 0.05) is 12.2 Å². The summed E-state index contributed by atoms with van der Waals surface area (Å²) in [6.45, 7) is 2.76. The highest BCUT2D eigenvalue weighted by molar-refractivity contribution is 5.91. The Hall–Kier alpha value is -1.40. The fourth-order valence-electron chi connectivity index (χ4n) is 0.917. The van der Waals surface area contributed by atoms with Crippen molar-refractivity contribution in [3.63, 3.8) is 0 Å². The van der Waals surface area contributed by atoms with Gasteiger partial charge in [0.15, 0.2) is 0 Å². The Morgan fingerprint density at radius 2 is 1.61 bits per heavy atom. The number of esters is 2. The van der Waals surface area contributed by atoms with Crippen molar-refractivity contribution in [2.24, 2.45) is 0 Å². The maximum Gasteiger partial charge on any atom is 0.331 e. The van der Waals surface area contributed by atoms with Crippen molar-refractivity contribution in [1.29, 1.82) is 0 Å². The third-order valence-corrected chi connectivity index (χ3v) is 1.81. The van der Waals surface area contributed by atoms with Gasteiger partial charge in [0.1, 0.15) is 6.61 Å². The van der Waals surface area contributed by atoms with E-state index >= 15 is 0 Å². The summed E-state index contributed by atoms with van der Waals surface area (Å²) in [5, 5.41) is 8.41. The molecule has 0 saturated heterocycles. The van der Waals surface area contributed by atoms with E-state index in [1.165, 1.54) is 0 Å². The van der Waals surface area contributed by atoms with Crippen molar-refractivity contribution in [2.45, 2.75) is 19.8 Å². The third kappa shape index (κ3) is 11.1. The lowest BCUT2D eigenvalue weighted by Gasteiger charge is -2.02. The molecule has 0 aromatic heterocycles. The molecule has 18 heavy (non-hydrogen) atoms. The predicted octanol–water partition coefficient (Wildman–Crippen LogP) is 0.438. The van der Waals surface area contributed by atoms with Gasteiger partial charge in [-0.2, -0.15) is 0 Å². The third-order valence-electron chi connectivity index (χ3n) is 1.81. The summed E-state index contributed by atoms with van der Waals surface area (Å²) >= 11 is 0. The van der Waals surface area contributed by atoms with Gasteiger partial charge in [-0.25, -0.2) is 9.59 Å². The zero-order valence-electron chi connectivity index (χ0n) is 10.6. The second-order valence-electron chi connectivity index (χ2n) is 3.36. The number of carbonyl (C=O) groups excluding carboxylic acids is 2. The van der Waals surface area contributed by atoms with Crippen molar-refractivity contribution in [3.8, 4) is 0 Å². The maximum atomic E-state index is 11.1. The second-order valence-corrected chi connectivity index (χ2v) is 3.36. The van der Waals surface area contributed by atoms with E-state index in [0.717, 1.165) is 25.0 Å². The molecule has 0 heterocycles. The summed E-state index contributed by atoms with van der Waals surface area (Å²) in [5.41, 5.74) is 0. The van der Waals surface area contributed by atoms with Gasteiger partial charge in [-0.15, -0.1) is 0 Å². The van der Waals surface area contributed by atoms with Gasteiger partial charge in [-0.1, -0.05) is 13.3 Å². The molecule has 0 atom stereocenters. The summed E-state index contributed by atoms with van der Waals surface area (Å²) in [6, 6.07) is 0. The van der Waals surface area contributed by atoms with Crippen LogP contribution in [0.5, 0.6) is 0 Å². The Morgan fingerprint density at radius 1 is 1.00 bits per heavy atom. The first-order valence-corrected chi connectivity index (χ1v) is 5.91. The molecule has 0 aromatic rings. The van der Waals surface area contributed by atoms with Gasteiger partial charge >= 0.3 is 11.9 Å². The molecule has 0 aromatic carbocycles. The summed E-state index contributed by atoms with van der Waals surface area (Å²) < 4.78 is 14.4. The molecule has 0 amide bonds. The highest BCUT2D eigenvalue weighted by Crippen LogP contribution is 1.90. The fourth-order valence-corrected chi connectivity index (χ4v) is 0.917. The molecule has 0 radical (unpaired) electrons. The average Bonchev–Trinajstić information content (AvgIpc) is 2.36. The molecule has 6 nitrogen and oxygen atoms in total. The van der Waals surface area contributed by atoms with Crippen LogP contribution in [0.3, 0.4) is 0 Å². The summed E-state index contributed by atoms with van der Waals surface area (Å²) in [7, 11) is 0. The number of aliphatic hydroxyl groups excluding tert-OH is 1. The Labute approximate surface area is 107 Å². The van der Waals surface area contributed by atoms with E-state index in [1.807, 2.05) is 6.92 Å². The Balaban J connectivity index is 3.57. The number of aliphatic hydroxyl groups is 1. The van der Waals surface area contributed by atoms with E-state index in [1.54, 1.807) is 0 Å². The first-order valence-electron chi connectivity index (χ1n) is 5.91. The number of hydrogen-bond acceptors (Lipinski definition) is 6. The zero-order valence-corrected chi connectivity index (χ0v) is 10.6. The summed E-state index contributed by atoms with van der Waals surface area (Å²) in [6.07, 6.45) is 3.78. The topological polar surface area (TPSA) is 82.1 Å². The number of rotatable bonds is 10. The normalized spacial score (nSPS) is 10.6. The molecular formula is C12H20O6.